The summed E-state index contributed by atoms with van der Waals surface area (Å²) in [5.41, 5.74) is 8.56. The van der Waals surface area contributed by atoms with Gasteiger partial charge in [0, 0.05) is 35.8 Å². The predicted molar refractivity (Wildman–Crippen MR) is 218 cm³/mol. The van der Waals surface area contributed by atoms with Gasteiger partial charge < -0.3 is 28.5 Å². The Morgan fingerprint density at radius 3 is 1.35 bits per heavy atom. The molecular weight excluding hydrogens is 792 g/mol. The molecule has 8 rings (SSSR count). The minimum Gasteiger partial charge on any atom is -0.505 e. The molecule has 8 aromatic rings. The van der Waals surface area contributed by atoms with Crippen LogP contribution >= 0.6 is 43.5 Å². The maximum atomic E-state index is 10.5. The topological polar surface area (TPSA) is 57.8 Å². The van der Waals surface area contributed by atoms with E-state index in [4.69, 9.17) is 21.1 Å². The number of halogens is 3. The first-order valence-electron chi connectivity index (χ1n) is 16.2. The van der Waals surface area contributed by atoms with Crippen LogP contribution in [-0.2, 0) is 9.47 Å². The molecule has 260 valence electrons. The zero-order valence-corrected chi connectivity index (χ0v) is 32.6. The third kappa shape index (κ3) is 7.38. The fourth-order valence-corrected chi connectivity index (χ4v) is 7.63. The molecule has 0 amide bonds. The van der Waals surface area contributed by atoms with Crippen LogP contribution in [0.4, 0.5) is 0 Å². The molecule has 0 fully saturated rings. The van der Waals surface area contributed by atoms with Crippen LogP contribution in [0.5, 0.6) is 11.5 Å². The molecule has 6 aromatic carbocycles. The summed E-state index contributed by atoms with van der Waals surface area (Å²) >= 11 is 12.1. The number of ether oxygens (including phenoxy) is 3. The van der Waals surface area contributed by atoms with E-state index in [1.165, 1.54) is 21.5 Å². The third-order valence-electron chi connectivity index (χ3n) is 8.43. The number of aromatic hydroxyl groups is 1. The highest BCUT2D eigenvalue weighted by atomic mass is 79.9. The zero-order valence-electron chi connectivity index (χ0n) is 28.7. The first-order chi connectivity index (χ1) is 24.8. The number of aryl methyl sites for hydroxylation is 2. The van der Waals surface area contributed by atoms with Crippen molar-refractivity contribution in [3.63, 3.8) is 0 Å². The summed E-state index contributed by atoms with van der Waals surface area (Å²) in [4.78, 5) is 0. The number of methoxy groups -OCH3 is 2. The molecule has 2 heterocycles. The van der Waals surface area contributed by atoms with Gasteiger partial charge in [-0.05, 0) is 105 Å². The van der Waals surface area contributed by atoms with Crippen molar-refractivity contribution in [3.05, 3.63) is 141 Å². The van der Waals surface area contributed by atoms with Gasteiger partial charge in [-0.15, -0.1) is 0 Å². The Morgan fingerprint density at radius 2 is 0.941 bits per heavy atom. The SMILES string of the molecule is COCCl.COCOc1c(Br)cc(C)cc1-n1c2ccccc2c2ccccc21.Cc1cc(Br)c(O)c(-n2c3ccccc3c3ccccc32)c1. The fourth-order valence-electron chi connectivity index (χ4n) is 6.39. The molecular formula is C42H37Br2ClN2O4. The Balaban J connectivity index is 0.000000160. The van der Waals surface area contributed by atoms with Crippen LogP contribution in [-0.4, -0.2) is 41.3 Å². The van der Waals surface area contributed by atoms with Crippen LogP contribution in [0.1, 0.15) is 11.1 Å². The normalized spacial score (nSPS) is 11.0. The van der Waals surface area contributed by atoms with Gasteiger partial charge in [-0.1, -0.05) is 84.4 Å². The molecule has 0 spiro atoms. The quantitative estimate of drug-likeness (QED) is 0.134. The van der Waals surface area contributed by atoms with Crippen molar-refractivity contribution < 1.29 is 19.3 Å². The Kier molecular flexibility index (Phi) is 11.7. The number of nitrogens with zero attached hydrogens (tertiary/aromatic N) is 2. The number of hydrogen-bond donors (Lipinski definition) is 1. The van der Waals surface area contributed by atoms with E-state index in [0.717, 1.165) is 54.8 Å². The van der Waals surface area contributed by atoms with E-state index in [9.17, 15) is 5.11 Å². The highest BCUT2D eigenvalue weighted by Crippen LogP contribution is 2.40. The van der Waals surface area contributed by atoms with Gasteiger partial charge in [0.25, 0.3) is 0 Å². The van der Waals surface area contributed by atoms with Gasteiger partial charge in [-0.3, -0.25) is 0 Å². The van der Waals surface area contributed by atoms with Crippen LogP contribution in [0.2, 0.25) is 0 Å². The lowest BCUT2D eigenvalue weighted by molar-refractivity contribution is 0.0505. The van der Waals surface area contributed by atoms with E-state index in [0.29, 0.717) is 10.5 Å². The summed E-state index contributed by atoms with van der Waals surface area (Å²) in [6.45, 7) is 4.32. The highest BCUT2D eigenvalue weighted by molar-refractivity contribution is 9.11. The summed E-state index contributed by atoms with van der Waals surface area (Å²) in [7, 11) is 3.18. The molecule has 2 aromatic heterocycles. The standard InChI is InChI=1S/C21H18BrNO2.C19H14BrNO.C2H5ClO/c1-14-11-17(22)21(25-13-24-2)20(12-14)23-18-9-5-3-7-15(18)16-8-4-6-10-19(16)23;1-12-10-15(20)19(22)18(11-12)21-16-8-4-2-6-13(16)14-7-3-5-9-17(14)21;1-4-2-3/h3-12H,13H2,1-2H3;2-11,22H,1H3;2H2,1H3. The molecule has 0 atom stereocenters. The monoisotopic (exact) mass is 826 g/mol. The van der Waals surface area contributed by atoms with E-state index in [-0.39, 0.29) is 12.5 Å². The predicted octanol–water partition coefficient (Wildman–Crippen LogP) is 12.2. The Labute approximate surface area is 319 Å². The number of para-hydroxylation sites is 4. The van der Waals surface area contributed by atoms with Crippen LogP contribution in [0, 0.1) is 13.8 Å². The highest BCUT2D eigenvalue weighted by Gasteiger charge is 2.18. The van der Waals surface area contributed by atoms with Crippen LogP contribution < -0.4 is 4.74 Å². The van der Waals surface area contributed by atoms with Crippen molar-refractivity contribution in [2.45, 2.75) is 13.8 Å². The first kappa shape index (κ1) is 36.5. The lowest BCUT2D eigenvalue weighted by atomic mass is 10.2. The van der Waals surface area contributed by atoms with Gasteiger partial charge in [0.15, 0.2) is 18.3 Å². The largest absolute Gasteiger partial charge is 0.505 e. The van der Waals surface area contributed by atoms with Crippen LogP contribution in [0.3, 0.4) is 0 Å². The molecule has 0 unspecified atom stereocenters. The minimum absolute atomic E-state index is 0.200. The van der Waals surface area contributed by atoms with Crippen LogP contribution in [0.25, 0.3) is 55.0 Å². The molecule has 0 bridgehead atoms. The number of fused-ring (bicyclic) bond motifs is 6. The number of aromatic nitrogens is 2. The molecule has 0 saturated heterocycles. The number of hydrogen-bond acceptors (Lipinski definition) is 4. The number of alkyl halides is 1. The molecule has 51 heavy (non-hydrogen) atoms. The Hall–Kier alpha value is -4.31. The second-order valence-corrected chi connectivity index (χ2v) is 13.8. The molecule has 0 aliphatic heterocycles. The van der Waals surface area contributed by atoms with Gasteiger partial charge in [0.05, 0.1) is 42.4 Å². The van der Waals surface area contributed by atoms with Crippen molar-refractivity contribution in [1.29, 1.82) is 0 Å². The van der Waals surface area contributed by atoms with Gasteiger partial charge in [-0.25, -0.2) is 0 Å². The smallest absolute Gasteiger partial charge is 0.188 e. The summed E-state index contributed by atoms with van der Waals surface area (Å²) in [6.07, 6.45) is 0. The number of phenols is 1. The number of benzene rings is 6. The van der Waals surface area contributed by atoms with Crippen molar-refractivity contribution in [1.82, 2.24) is 9.13 Å². The van der Waals surface area contributed by atoms with Crippen molar-refractivity contribution in [3.8, 4) is 22.9 Å². The molecule has 9 heteroatoms. The first-order valence-corrected chi connectivity index (χ1v) is 18.3. The maximum Gasteiger partial charge on any atom is 0.188 e. The summed E-state index contributed by atoms with van der Waals surface area (Å²) in [5.74, 6) is 1.04. The Bertz CT molecular complexity index is 2360. The van der Waals surface area contributed by atoms with E-state index in [2.05, 4.69) is 138 Å². The summed E-state index contributed by atoms with van der Waals surface area (Å²) in [6, 6.07) is 41.9. The number of phenolic OH excluding ortho intramolecular Hbond substituents is 1. The molecule has 0 saturated carbocycles. The Morgan fingerprint density at radius 1 is 0.569 bits per heavy atom. The summed E-state index contributed by atoms with van der Waals surface area (Å²) in [5, 5.41) is 15.4. The van der Waals surface area contributed by atoms with Gasteiger partial charge in [0.1, 0.15) is 6.07 Å². The lowest BCUT2D eigenvalue weighted by Crippen LogP contribution is -2.05. The third-order valence-corrected chi connectivity index (χ3v) is 9.84. The van der Waals surface area contributed by atoms with Crippen LogP contribution in [0.15, 0.2) is 130 Å². The molecule has 1 N–H and O–H groups in total. The second kappa shape index (κ2) is 16.4. The average molecular weight is 829 g/mol. The average Bonchev–Trinajstić information content (AvgIpc) is 3.66. The zero-order chi connectivity index (χ0) is 36.1. The molecule has 6 nitrogen and oxygen atoms in total. The van der Waals surface area contributed by atoms with Crippen molar-refractivity contribution in [2.24, 2.45) is 0 Å². The minimum atomic E-state index is 0.200. The van der Waals surface area contributed by atoms with Gasteiger partial charge in [0.2, 0.25) is 0 Å². The van der Waals surface area contributed by atoms with Crippen molar-refractivity contribution in [2.75, 3.05) is 27.1 Å². The van der Waals surface area contributed by atoms with Gasteiger partial charge >= 0.3 is 0 Å². The second-order valence-electron chi connectivity index (χ2n) is 11.9. The maximum absolute atomic E-state index is 10.5. The van der Waals surface area contributed by atoms with Gasteiger partial charge in [-0.2, -0.15) is 0 Å². The molecule has 0 aliphatic carbocycles. The molecule has 0 radical (unpaired) electrons. The molecule has 0 aliphatic rings. The number of rotatable bonds is 6. The summed E-state index contributed by atoms with van der Waals surface area (Å²) < 4.78 is 21.3. The van der Waals surface area contributed by atoms with E-state index in [1.54, 1.807) is 14.2 Å². The van der Waals surface area contributed by atoms with E-state index < -0.39 is 0 Å². The van der Waals surface area contributed by atoms with E-state index >= 15 is 0 Å². The lowest BCUT2D eigenvalue weighted by Gasteiger charge is -2.16. The van der Waals surface area contributed by atoms with Crippen molar-refractivity contribution >= 4 is 87.1 Å². The van der Waals surface area contributed by atoms with E-state index in [1.807, 2.05) is 43.3 Å². The fraction of sp³-hybridized carbons (Fsp3) is 0.143.